The zero-order valence-electron chi connectivity index (χ0n) is 9.79. The van der Waals surface area contributed by atoms with E-state index in [1.54, 1.807) is 0 Å². The van der Waals surface area contributed by atoms with Gasteiger partial charge in [0.1, 0.15) is 0 Å². The maximum Gasteiger partial charge on any atom is 0.224 e. The van der Waals surface area contributed by atoms with E-state index in [4.69, 9.17) is 10.8 Å². The third-order valence-electron chi connectivity index (χ3n) is 2.85. The Morgan fingerprint density at radius 1 is 1.53 bits per heavy atom. The van der Waals surface area contributed by atoms with Gasteiger partial charge in [-0.15, -0.1) is 0 Å². The van der Waals surface area contributed by atoms with Gasteiger partial charge in [0.2, 0.25) is 5.91 Å². The first-order valence-corrected chi connectivity index (χ1v) is 5.70. The number of amides is 1. The number of carbonyl (C=O) groups excluding carboxylic acids is 1. The van der Waals surface area contributed by atoms with E-state index in [0.29, 0.717) is 12.1 Å². The molecule has 92 valence electrons. The van der Waals surface area contributed by atoms with Crippen LogP contribution in [0.25, 0.3) is 0 Å². The van der Waals surface area contributed by atoms with Gasteiger partial charge in [-0.1, -0.05) is 0 Å². The van der Waals surface area contributed by atoms with Gasteiger partial charge in [0.15, 0.2) is 0 Å². The first-order valence-electron chi connectivity index (χ1n) is 5.70. The third-order valence-corrected chi connectivity index (χ3v) is 2.85. The number of fused-ring (bicyclic) bond motifs is 1. The summed E-state index contributed by atoms with van der Waals surface area (Å²) in [5.41, 5.74) is 9.18. The van der Waals surface area contributed by atoms with E-state index in [1.165, 1.54) is 0 Å². The van der Waals surface area contributed by atoms with E-state index in [0.717, 1.165) is 23.4 Å². The molecule has 1 heterocycles. The van der Waals surface area contributed by atoms with Crippen molar-refractivity contribution in [3.63, 3.8) is 0 Å². The minimum absolute atomic E-state index is 0.0306. The topological polar surface area (TPSA) is 87.4 Å². The number of nitrogens with one attached hydrogen (secondary N) is 2. The van der Waals surface area contributed by atoms with Gasteiger partial charge in [-0.3, -0.25) is 4.79 Å². The number of nitrogens with two attached hydrogens (primary N) is 1. The molecule has 1 aliphatic rings. The van der Waals surface area contributed by atoms with Crippen LogP contribution >= 0.6 is 0 Å². The SMILES string of the molecule is CC(CO)Nc1cc2c(cc1N)CCC(=O)N2. The molecule has 0 spiro atoms. The van der Waals surface area contributed by atoms with Crippen molar-refractivity contribution in [2.45, 2.75) is 25.8 Å². The highest BCUT2D eigenvalue weighted by Gasteiger charge is 2.17. The van der Waals surface area contributed by atoms with E-state index in [-0.39, 0.29) is 18.6 Å². The number of benzene rings is 1. The van der Waals surface area contributed by atoms with E-state index in [9.17, 15) is 4.79 Å². The van der Waals surface area contributed by atoms with E-state index < -0.39 is 0 Å². The molecular formula is C12H17N3O2. The molecule has 5 nitrogen and oxygen atoms in total. The first kappa shape index (κ1) is 11.7. The van der Waals surface area contributed by atoms with Gasteiger partial charge in [-0.25, -0.2) is 0 Å². The molecule has 0 radical (unpaired) electrons. The lowest BCUT2D eigenvalue weighted by Crippen LogP contribution is -2.22. The van der Waals surface area contributed by atoms with Crippen LogP contribution < -0.4 is 16.4 Å². The van der Waals surface area contributed by atoms with E-state index >= 15 is 0 Å². The smallest absolute Gasteiger partial charge is 0.224 e. The van der Waals surface area contributed by atoms with Gasteiger partial charge < -0.3 is 21.5 Å². The summed E-state index contributed by atoms with van der Waals surface area (Å²) in [6, 6.07) is 3.63. The molecule has 0 fully saturated rings. The molecular weight excluding hydrogens is 218 g/mol. The summed E-state index contributed by atoms with van der Waals surface area (Å²) in [6.07, 6.45) is 1.23. The Hall–Kier alpha value is -1.75. The van der Waals surface area contributed by atoms with Crippen molar-refractivity contribution < 1.29 is 9.90 Å². The Balaban J connectivity index is 2.29. The number of aliphatic hydroxyl groups excluding tert-OH is 1. The molecule has 0 aromatic heterocycles. The highest BCUT2D eigenvalue weighted by Crippen LogP contribution is 2.31. The summed E-state index contributed by atoms with van der Waals surface area (Å²) in [7, 11) is 0. The fourth-order valence-corrected chi connectivity index (χ4v) is 1.88. The van der Waals surface area contributed by atoms with Crippen molar-refractivity contribution in [3.8, 4) is 0 Å². The Labute approximate surface area is 100 Å². The van der Waals surface area contributed by atoms with Crippen molar-refractivity contribution in [1.82, 2.24) is 0 Å². The van der Waals surface area contributed by atoms with Crippen LogP contribution in [0.15, 0.2) is 12.1 Å². The average molecular weight is 235 g/mol. The van der Waals surface area contributed by atoms with Gasteiger partial charge in [-0.2, -0.15) is 0 Å². The molecule has 1 atom stereocenters. The minimum Gasteiger partial charge on any atom is -0.397 e. The molecule has 1 unspecified atom stereocenters. The third kappa shape index (κ3) is 2.50. The predicted octanol–water partition coefficient (Wildman–Crippen LogP) is 0.946. The molecule has 1 aliphatic heterocycles. The lowest BCUT2D eigenvalue weighted by molar-refractivity contribution is -0.116. The van der Waals surface area contributed by atoms with Crippen molar-refractivity contribution in [2.24, 2.45) is 0 Å². The zero-order chi connectivity index (χ0) is 12.4. The maximum atomic E-state index is 11.3. The van der Waals surface area contributed by atoms with Crippen molar-refractivity contribution in [2.75, 3.05) is 23.0 Å². The molecule has 1 aromatic carbocycles. The second-order valence-electron chi connectivity index (χ2n) is 4.37. The molecule has 2 rings (SSSR count). The number of rotatable bonds is 3. The number of anilines is 3. The molecule has 5 heteroatoms. The minimum atomic E-state index is -0.0744. The van der Waals surface area contributed by atoms with Gasteiger partial charge in [0, 0.05) is 18.2 Å². The summed E-state index contributed by atoms with van der Waals surface area (Å²) in [5.74, 6) is 0.0310. The molecule has 0 saturated heterocycles. The van der Waals surface area contributed by atoms with Crippen LogP contribution in [0.2, 0.25) is 0 Å². The Morgan fingerprint density at radius 2 is 2.29 bits per heavy atom. The number of hydrogen-bond acceptors (Lipinski definition) is 4. The summed E-state index contributed by atoms with van der Waals surface area (Å²) in [6.45, 7) is 1.89. The highest BCUT2D eigenvalue weighted by atomic mass is 16.3. The second-order valence-corrected chi connectivity index (χ2v) is 4.37. The summed E-state index contributed by atoms with van der Waals surface area (Å²) >= 11 is 0. The van der Waals surface area contributed by atoms with Crippen LogP contribution in [0.4, 0.5) is 17.1 Å². The summed E-state index contributed by atoms with van der Waals surface area (Å²) in [4.78, 5) is 11.3. The van der Waals surface area contributed by atoms with E-state index in [2.05, 4.69) is 10.6 Å². The van der Waals surface area contributed by atoms with Gasteiger partial charge in [-0.05, 0) is 31.0 Å². The van der Waals surface area contributed by atoms with Crippen LogP contribution in [0.1, 0.15) is 18.9 Å². The van der Waals surface area contributed by atoms with Crippen LogP contribution in [0.5, 0.6) is 0 Å². The van der Waals surface area contributed by atoms with Crippen molar-refractivity contribution in [1.29, 1.82) is 0 Å². The highest BCUT2D eigenvalue weighted by molar-refractivity contribution is 5.95. The lowest BCUT2D eigenvalue weighted by atomic mass is 10.0. The van der Waals surface area contributed by atoms with Gasteiger partial charge in [0.25, 0.3) is 0 Å². The Bertz CT molecular complexity index is 446. The van der Waals surface area contributed by atoms with Crippen LogP contribution in [-0.4, -0.2) is 23.7 Å². The predicted molar refractivity (Wildman–Crippen MR) is 68.0 cm³/mol. The van der Waals surface area contributed by atoms with Crippen LogP contribution in [0.3, 0.4) is 0 Å². The van der Waals surface area contributed by atoms with Gasteiger partial charge >= 0.3 is 0 Å². The largest absolute Gasteiger partial charge is 0.397 e. The normalized spacial score (nSPS) is 16.0. The Morgan fingerprint density at radius 3 is 3.00 bits per heavy atom. The number of hydrogen-bond donors (Lipinski definition) is 4. The molecule has 5 N–H and O–H groups in total. The Kier molecular flexibility index (Phi) is 3.19. The monoisotopic (exact) mass is 235 g/mol. The number of carbonyl (C=O) groups is 1. The summed E-state index contributed by atoms with van der Waals surface area (Å²) in [5, 5.41) is 14.9. The molecule has 1 amide bonds. The lowest BCUT2D eigenvalue weighted by Gasteiger charge is -2.21. The number of aryl methyl sites for hydroxylation is 1. The van der Waals surface area contributed by atoms with E-state index in [1.807, 2.05) is 19.1 Å². The van der Waals surface area contributed by atoms with Crippen LogP contribution in [0, 0.1) is 0 Å². The van der Waals surface area contributed by atoms with Crippen LogP contribution in [-0.2, 0) is 11.2 Å². The average Bonchev–Trinajstić information content (AvgIpc) is 2.30. The quantitative estimate of drug-likeness (QED) is 0.587. The molecule has 0 bridgehead atoms. The van der Waals surface area contributed by atoms with Crippen molar-refractivity contribution >= 4 is 23.0 Å². The second kappa shape index (κ2) is 4.63. The molecule has 0 saturated carbocycles. The number of nitrogen functional groups attached to an aromatic ring is 1. The zero-order valence-corrected chi connectivity index (χ0v) is 9.79. The number of aliphatic hydroxyl groups is 1. The first-order chi connectivity index (χ1) is 8.10. The van der Waals surface area contributed by atoms with Gasteiger partial charge in [0.05, 0.1) is 18.0 Å². The summed E-state index contributed by atoms with van der Waals surface area (Å²) < 4.78 is 0. The standard InChI is InChI=1S/C12H17N3O2/c1-7(6-16)14-11-5-10-8(4-9(11)13)2-3-12(17)15-10/h4-5,7,14,16H,2-3,6,13H2,1H3,(H,15,17). The molecule has 17 heavy (non-hydrogen) atoms. The fraction of sp³-hybridized carbons (Fsp3) is 0.417. The fourth-order valence-electron chi connectivity index (χ4n) is 1.88. The molecule has 1 aromatic rings. The molecule has 0 aliphatic carbocycles. The van der Waals surface area contributed by atoms with Crippen molar-refractivity contribution in [3.05, 3.63) is 17.7 Å². The maximum absolute atomic E-state index is 11.3.